The zero-order valence-corrected chi connectivity index (χ0v) is 14.7. The third kappa shape index (κ3) is 2.78. The summed E-state index contributed by atoms with van der Waals surface area (Å²) in [6.45, 7) is 0. The molecule has 1 aliphatic carbocycles. The standard InChI is InChI=1S/C23H20NO2/c1-25-20-8-4-7-19(14-20)23(18-11-12-18,15-21-9-5-13-26-21)22-10-3-2-6-17(22)16-24/h3-10,13-14,18H,11-12,15H2,1H3. The van der Waals surface area contributed by atoms with Crippen molar-refractivity contribution in [3.8, 4) is 11.8 Å². The van der Waals surface area contributed by atoms with E-state index in [-0.39, 0.29) is 5.41 Å². The van der Waals surface area contributed by atoms with Crippen LogP contribution in [0.25, 0.3) is 0 Å². The van der Waals surface area contributed by atoms with Crippen molar-refractivity contribution in [3.05, 3.63) is 89.4 Å². The van der Waals surface area contributed by atoms with Crippen molar-refractivity contribution in [2.75, 3.05) is 7.11 Å². The number of hydrogen-bond acceptors (Lipinski definition) is 3. The van der Waals surface area contributed by atoms with E-state index in [4.69, 9.17) is 9.15 Å². The summed E-state index contributed by atoms with van der Waals surface area (Å²) in [6.07, 6.45) is 4.71. The quantitative estimate of drug-likeness (QED) is 0.640. The van der Waals surface area contributed by atoms with Crippen LogP contribution in [-0.4, -0.2) is 7.11 Å². The molecule has 3 nitrogen and oxygen atoms in total. The smallest absolute Gasteiger partial charge is 0.119 e. The van der Waals surface area contributed by atoms with Gasteiger partial charge in [0.2, 0.25) is 0 Å². The molecule has 1 unspecified atom stereocenters. The average Bonchev–Trinajstić information content (AvgIpc) is 3.43. The second-order valence-electron chi connectivity index (χ2n) is 6.82. The Balaban J connectivity index is 1.96. The lowest BCUT2D eigenvalue weighted by Crippen LogP contribution is -2.34. The Morgan fingerprint density at radius 3 is 2.85 bits per heavy atom. The van der Waals surface area contributed by atoms with Gasteiger partial charge in [-0.15, -0.1) is 0 Å². The zero-order chi connectivity index (χ0) is 18.0. The summed E-state index contributed by atoms with van der Waals surface area (Å²) in [5.41, 5.74) is 2.57. The SMILES string of the molecule is COc1cccc(C(Cc2ccco2)(c2cc[c]cc2C#N)C2CC2)c1. The fourth-order valence-electron chi connectivity index (χ4n) is 4.03. The summed E-state index contributed by atoms with van der Waals surface area (Å²) in [4.78, 5) is 0. The van der Waals surface area contributed by atoms with Crippen LogP contribution in [0.5, 0.6) is 5.75 Å². The van der Waals surface area contributed by atoms with E-state index >= 15 is 0 Å². The molecule has 3 aromatic rings. The van der Waals surface area contributed by atoms with Crippen LogP contribution in [0.2, 0.25) is 0 Å². The molecule has 1 atom stereocenters. The maximum atomic E-state index is 9.74. The highest BCUT2D eigenvalue weighted by molar-refractivity contribution is 5.52. The third-order valence-corrected chi connectivity index (χ3v) is 5.36. The van der Waals surface area contributed by atoms with Gasteiger partial charge < -0.3 is 9.15 Å². The number of hydrogen-bond donors (Lipinski definition) is 0. The van der Waals surface area contributed by atoms with E-state index < -0.39 is 0 Å². The Hall–Kier alpha value is -2.99. The van der Waals surface area contributed by atoms with E-state index in [0.717, 1.165) is 36.3 Å². The molecule has 4 rings (SSSR count). The molecule has 1 heterocycles. The van der Waals surface area contributed by atoms with Gasteiger partial charge in [-0.1, -0.05) is 24.3 Å². The van der Waals surface area contributed by atoms with Crippen LogP contribution < -0.4 is 4.74 Å². The Bertz CT molecular complexity index is 935. The summed E-state index contributed by atoms with van der Waals surface area (Å²) in [7, 11) is 1.68. The number of methoxy groups -OCH3 is 1. The van der Waals surface area contributed by atoms with Gasteiger partial charge in [0.05, 0.1) is 25.0 Å². The van der Waals surface area contributed by atoms with Crippen molar-refractivity contribution in [2.45, 2.75) is 24.7 Å². The lowest BCUT2D eigenvalue weighted by atomic mass is 9.66. The molecular weight excluding hydrogens is 322 g/mol. The molecule has 3 heteroatoms. The minimum Gasteiger partial charge on any atom is -0.497 e. The van der Waals surface area contributed by atoms with Gasteiger partial charge in [0.25, 0.3) is 0 Å². The van der Waals surface area contributed by atoms with Crippen molar-refractivity contribution < 1.29 is 9.15 Å². The summed E-state index contributed by atoms with van der Waals surface area (Å²) in [5.74, 6) is 2.22. The Kier molecular flexibility index (Phi) is 4.26. The van der Waals surface area contributed by atoms with Gasteiger partial charge in [-0.05, 0) is 66.3 Å². The highest BCUT2D eigenvalue weighted by Crippen LogP contribution is 2.54. The number of nitrogens with zero attached hydrogens (tertiary/aromatic N) is 1. The van der Waals surface area contributed by atoms with E-state index in [2.05, 4.69) is 24.3 Å². The third-order valence-electron chi connectivity index (χ3n) is 5.36. The molecule has 0 saturated heterocycles. The first-order valence-corrected chi connectivity index (χ1v) is 8.85. The van der Waals surface area contributed by atoms with Crippen LogP contribution >= 0.6 is 0 Å². The van der Waals surface area contributed by atoms with Gasteiger partial charge in [0.1, 0.15) is 11.5 Å². The minimum absolute atomic E-state index is 0.313. The molecule has 1 saturated carbocycles. The first kappa shape index (κ1) is 16.5. The highest BCUT2D eigenvalue weighted by Gasteiger charge is 2.49. The second-order valence-corrected chi connectivity index (χ2v) is 6.82. The predicted octanol–water partition coefficient (Wildman–Crippen LogP) is 4.90. The fraction of sp³-hybridized carbons (Fsp3) is 0.261. The number of rotatable bonds is 6. The molecule has 26 heavy (non-hydrogen) atoms. The van der Waals surface area contributed by atoms with Crippen molar-refractivity contribution in [2.24, 2.45) is 5.92 Å². The summed E-state index contributed by atoms with van der Waals surface area (Å²) < 4.78 is 11.2. The monoisotopic (exact) mass is 342 g/mol. The molecule has 1 aromatic heterocycles. The largest absolute Gasteiger partial charge is 0.497 e. The normalized spacial score (nSPS) is 15.8. The molecule has 2 aromatic carbocycles. The van der Waals surface area contributed by atoms with Crippen LogP contribution in [0, 0.1) is 23.3 Å². The van der Waals surface area contributed by atoms with Gasteiger partial charge in [-0.25, -0.2) is 0 Å². The van der Waals surface area contributed by atoms with Gasteiger partial charge in [0.15, 0.2) is 0 Å². The van der Waals surface area contributed by atoms with Crippen LogP contribution in [0.4, 0.5) is 0 Å². The molecule has 0 spiro atoms. The van der Waals surface area contributed by atoms with Crippen molar-refractivity contribution in [1.82, 2.24) is 0 Å². The van der Waals surface area contributed by atoms with Crippen LogP contribution in [0.1, 0.15) is 35.3 Å². The highest BCUT2D eigenvalue weighted by atomic mass is 16.5. The van der Waals surface area contributed by atoms with Crippen molar-refractivity contribution >= 4 is 0 Å². The fourth-order valence-corrected chi connectivity index (χ4v) is 4.03. The lowest BCUT2D eigenvalue weighted by Gasteiger charge is -2.36. The maximum Gasteiger partial charge on any atom is 0.119 e. The first-order valence-electron chi connectivity index (χ1n) is 8.85. The summed E-state index contributed by atoms with van der Waals surface area (Å²) in [5, 5.41) is 9.74. The van der Waals surface area contributed by atoms with Gasteiger partial charge in [0, 0.05) is 11.8 Å². The molecular formula is C23H20NO2. The second kappa shape index (κ2) is 6.72. The molecule has 0 bridgehead atoms. The topological polar surface area (TPSA) is 46.2 Å². The van der Waals surface area contributed by atoms with E-state index in [9.17, 15) is 5.26 Å². The number of benzene rings is 2. The van der Waals surface area contributed by atoms with Crippen LogP contribution in [0.3, 0.4) is 0 Å². The average molecular weight is 342 g/mol. The van der Waals surface area contributed by atoms with E-state index in [1.807, 2.05) is 36.4 Å². The van der Waals surface area contributed by atoms with Crippen molar-refractivity contribution in [3.63, 3.8) is 0 Å². The van der Waals surface area contributed by atoms with Crippen LogP contribution in [0.15, 0.2) is 65.3 Å². The van der Waals surface area contributed by atoms with Crippen molar-refractivity contribution in [1.29, 1.82) is 5.26 Å². The number of furan rings is 1. The van der Waals surface area contributed by atoms with Crippen LogP contribution in [-0.2, 0) is 11.8 Å². The minimum atomic E-state index is -0.313. The van der Waals surface area contributed by atoms with E-state index in [1.54, 1.807) is 19.4 Å². The molecule has 0 amide bonds. The summed E-state index contributed by atoms with van der Waals surface area (Å²) >= 11 is 0. The summed E-state index contributed by atoms with van der Waals surface area (Å²) in [6, 6.07) is 23.3. The Morgan fingerprint density at radius 2 is 2.15 bits per heavy atom. The zero-order valence-electron chi connectivity index (χ0n) is 14.7. The van der Waals surface area contributed by atoms with E-state index in [0.29, 0.717) is 11.5 Å². The molecule has 0 aliphatic heterocycles. The van der Waals surface area contributed by atoms with Gasteiger partial charge in [-0.3, -0.25) is 0 Å². The maximum absolute atomic E-state index is 9.74. The lowest BCUT2D eigenvalue weighted by molar-refractivity contribution is 0.384. The molecule has 0 N–H and O–H groups in total. The molecule has 129 valence electrons. The van der Waals surface area contributed by atoms with Gasteiger partial charge in [-0.2, -0.15) is 5.26 Å². The molecule has 1 fully saturated rings. The molecule has 1 radical (unpaired) electrons. The van der Waals surface area contributed by atoms with E-state index in [1.165, 1.54) is 5.56 Å². The number of ether oxygens (including phenoxy) is 1. The predicted molar refractivity (Wildman–Crippen MR) is 98.9 cm³/mol. The van der Waals surface area contributed by atoms with Gasteiger partial charge >= 0.3 is 0 Å². The Labute approximate surface area is 153 Å². The first-order chi connectivity index (χ1) is 12.8. The Morgan fingerprint density at radius 1 is 1.27 bits per heavy atom. The number of nitriles is 1. The molecule has 1 aliphatic rings.